The second-order valence-corrected chi connectivity index (χ2v) is 8.35. The molecule has 0 aliphatic carbocycles. The maximum atomic E-state index is 13.1. The summed E-state index contributed by atoms with van der Waals surface area (Å²) in [5.74, 6) is -0.0888. The number of anilines is 1. The molecule has 0 saturated carbocycles. The van der Waals surface area contributed by atoms with E-state index in [1.807, 2.05) is 0 Å². The molecule has 9 heteroatoms. The number of hydrogen-bond donors (Lipinski definition) is 1. The fourth-order valence-corrected chi connectivity index (χ4v) is 4.10. The minimum Gasteiger partial charge on any atom is -0.481 e. The van der Waals surface area contributed by atoms with Gasteiger partial charge < -0.3 is 15.0 Å². The van der Waals surface area contributed by atoms with E-state index in [9.17, 15) is 22.8 Å². The van der Waals surface area contributed by atoms with Crippen LogP contribution in [0.2, 0.25) is 0 Å². The zero-order valence-corrected chi connectivity index (χ0v) is 17.8. The van der Waals surface area contributed by atoms with Gasteiger partial charge in [0, 0.05) is 24.3 Å². The van der Waals surface area contributed by atoms with Crippen LogP contribution in [0.25, 0.3) is 0 Å². The summed E-state index contributed by atoms with van der Waals surface area (Å²) in [6, 6.07) is 13.5. The molecule has 3 aromatic rings. The van der Waals surface area contributed by atoms with Gasteiger partial charge >= 0.3 is 6.18 Å². The van der Waals surface area contributed by atoms with E-state index in [0.29, 0.717) is 27.4 Å². The van der Waals surface area contributed by atoms with E-state index in [2.05, 4.69) is 5.32 Å². The number of nitrogens with one attached hydrogen (secondary N) is 1. The summed E-state index contributed by atoms with van der Waals surface area (Å²) in [6.07, 6.45) is -5.26. The third-order valence-corrected chi connectivity index (χ3v) is 5.88. The Morgan fingerprint density at radius 3 is 2.72 bits per heavy atom. The number of thiophene rings is 1. The summed E-state index contributed by atoms with van der Waals surface area (Å²) in [6.45, 7) is 1.74. The highest BCUT2D eigenvalue weighted by Crippen LogP contribution is 2.32. The van der Waals surface area contributed by atoms with Crippen molar-refractivity contribution in [1.29, 1.82) is 0 Å². The van der Waals surface area contributed by atoms with E-state index >= 15 is 0 Å². The number of alkyl halides is 3. The van der Waals surface area contributed by atoms with Crippen LogP contribution in [0.3, 0.4) is 0 Å². The highest BCUT2D eigenvalue weighted by Gasteiger charge is 2.32. The average Bonchev–Trinajstić information content (AvgIpc) is 3.26. The summed E-state index contributed by atoms with van der Waals surface area (Å²) < 4.78 is 45.0. The molecular weight excluding hydrogens is 441 g/mol. The molecule has 0 spiro atoms. The van der Waals surface area contributed by atoms with Crippen LogP contribution < -0.4 is 10.1 Å². The van der Waals surface area contributed by atoms with E-state index in [0.717, 1.165) is 12.1 Å². The number of rotatable bonds is 4. The number of ether oxygens (including phenoxy) is 1. The third kappa shape index (κ3) is 4.77. The van der Waals surface area contributed by atoms with Gasteiger partial charge in [0.15, 0.2) is 6.10 Å². The Balaban J connectivity index is 1.58. The molecule has 4 rings (SSSR count). The number of amides is 2. The zero-order chi connectivity index (χ0) is 22.9. The predicted octanol–water partition coefficient (Wildman–Crippen LogP) is 5.33. The van der Waals surface area contributed by atoms with Gasteiger partial charge in [-0.1, -0.05) is 18.2 Å². The van der Waals surface area contributed by atoms with Crippen molar-refractivity contribution < 1.29 is 27.5 Å². The number of carbonyl (C=O) groups excluding carboxylic acids is 2. The lowest BCUT2D eigenvalue weighted by Crippen LogP contribution is -2.37. The molecule has 1 aliphatic heterocycles. The third-order valence-electron chi connectivity index (χ3n) is 5.02. The maximum Gasteiger partial charge on any atom is 0.416 e. The van der Waals surface area contributed by atoms with E-state index in [4.69, 9.17) is 4.74 Å². The van der Waals surface area contributed by atoms with Gasteiger partial charge in [0.25, 0.3) is 11.8 Å². The summed E-state index contributed by atoms with van der Waals surface area (Å²) in [5.41, 5.74) is 0.789. The summed E-state index contributed by atoms with van der Waals surface area (Å²) in [5, 5.41) is 4.62. The molecular formula is C23H19F3N2O3S. The topological polar surface area (TPSA) is 58.6 Å². The molecule has 1 atom stereocenters. The van der Waals surface area contributed by atoms with Crippen molar-refractivity contribution in [2.24, 2.45) is 0 Å². The molecule has 32 heavy (non-hydrogen) atoms. The van der Waals surface area contributed by atoms with Crippen LogP contribution in [0.4, 0.5) is 18.9 Å². The summed E-state index contributed by atoms with van der Waals surface area (Å²) in [4.78, 5) is 27.2. The first-order valence-electron chi connectivity index (χ1n) is 9.80. The molecule has 0 fully saturated rings. The smallest absolute Gasteiger partial charge is 0.416 e. The standard InChI is InChI=1S/C23H19F3N2O3S/c1-14-22(30)28(12-15-4-2-5-17(10-15)23(24,25)26)13-16-11-18(7-8-19(16)31-14)27-21(29)20-6-3-9-32-20/h2-11,14H,12-13H2,1H3,(H,27,29)/t14-/m0/s1. The lowest BCUT2D eigenvalue weighted by atomic mass is 10.1. The Bertz CT molecular complexity index is 1150. The van der Waals surface area contributed by atoms with Crippen molar-refractivity contribution in [3.05, 3.63) is 81.5 Å². The molecule has 0 saturated heterocycles. The number of halogens is 3. The van der Waals surface area contributed by atoms with Crippen molar-refractivity contribution in [1.82, 2.24) is 4.90 Å². The van der Waals surface area contributed by atoms with Crippen LogP contribution in [0.1, 0.15) is 33.3 Å². The fourth-order valence-electron chi connectivity index (χ4n) is 3.48. The monoisotopic (exact) mass is 460 g/mol. The van der Waals surface area contributed by atoms with Crippen LogP contribution in [0.15, 0.2) is 60.0 Å². The van der Waals surface area contributed by atoms with Crippen molar-refractivity contribution in [2.45, 2.75) is 32.3 Å². The SMILES string of the molecule is C[C@@H]1Oc2ccc(NC(=O)c3cccs3)cc2CN(Cc2cccc(C(F)(F)F)c2)C1=O. The van der Waals surface area contributed by atoms with E-state index in [1.54, 1.807) is 48.7 Å². The number of benzene rings is 2. The van der Waals surface area contributed by atoms with Gasteiger partial charge in [-0.05, 0) is 54.3 Å². The largest absolute Gasteiger partial charge is 0.481 e. The van der Waals surface area contributed by atoms with Gasteiger partial charge in [-0.2, -0.15) is 13.2 Å². The second kappa shape index (κ2) is 8.66. The van der Waals surface area contributed by atoms with Gasteiger partial charge in [0.1, 0.15) is 5.75 Å². The fraction of sp³-hybridized carbons (Fsp3) is 0.217. The molecule has 2 aromatic carbocycles. The molecule has 0 bridgehead atoms. The number of carbonyl (C=O) groups is 2. The molecule has 2 amide bonds. The quantitative estimate of drug-likeness (QED) is 0.573. The van der Waals surface area contributed by atoms with E-state index in [-0.39, 0.29) is 24.9 Å². The molecule has 2 heterocycles. The Kier molecular flexibility index (Phi) is 5.92. The maximum absolute atomic E-state index is 13.1. The molecule has 166 valence electrons. The molecule has 0 radical (unpaired) electrons. The molecule has 1 N–H and O–H groups in total. The van der Waals surface area contributed by atoms with E-state index < -0.39 is 17.8 Å². The van der Waals surface area contributed by atoms with E-state index in [1.165, 1.54) is 22.3 Å². The molecule has 0 unspecified atom stereocenters. The Morgan fingerprint density at radius 1 is 1.19 bits per heavy atom. The first-order valence-corrected chi connectivity index (χ1v) is 10.7. The molecule has 1 aliphatic rings. The number of nitrogens with zero attached hydrogens (tertiary/aromatic N) is 1. The minimum absolute atomic E-state index is 0.00166. The molecule has 5 nitrogen and oxygen atoms in total. The second-order valence-electron chi connectivity index (χ2n) is 7.41. The Labute approximate surface area is 186 Å². The normalized spacial score (nSPS) is 16.2. The van der Waals surface area contributed by atoms with Crippen molar-refractivity contribution in [3.63, 3.8) is 0 Å². The van der Waals surface area contributed by atoms with Crippen molar-refractivity contribution in [2.75, 3.05) is 5.32 Å². The zero-order valence-electron chi connectivity index (χ0n) is 17.0. The van der Waals surface area contributed by atoms with Crippen LogP contribution in [0, 0.1) is 0 Å². The highest BCUT2D eigenvalue weighted by atomic mass is 32.1. The first-order chi connectivity index (χ1) is 15.2. The Hall–Kier alpha value is -3.33. The highest BCUT2D eigenvalue weighted by molar-refractivity contribution is 7.12. The van der Waals surface area contributed by atoms with Crippen molar-refractivity contribution >= 4 is 28.8 Å². The summed E-state index contributed by atoms with van der Waals surface area (Å²) in [7, 11) is 0. The minimum atomic E-state index is -4.46. The summed E-state index contributed by atoms with van der Waals surface area (Å²) >= 11 is 1.32. The average molecular weight is 460 g/mol. The van der Waals surface area contributed by atoms with Crippen LogP contribution >= 0.6 is 11.3 Å². The lowest BCUT2D eigenvalue weighted by Gasteiger charge is -2.22. The number of fused-ring (bicyclic) bond motifs is 1. The van der Waals surface area contributed by atoms with Gasteiger partial charge in [0.2, 0.25) is 0 Å². The van der Waals surface area contributed by atoms with Crippen LogP contribution in [-0.2, 0) is 24.1 Å². The van der Waals surface area contributed by atoms with Gasteiger partial charge in [-0.15, -0.1) is 11.3 Å². The first kappa shape index (κ1) is 21.9. The number of hydrogen-bond acceptors (Lipinski definition) is 4. The Morgan fingerprint density at radius 2 is 2.00 bits per heavy atom. The van der Waals surface area contributed by atoms with Gasteiger partial charge in [0.05, 0.1) is 10.4 Å². The molecule has 1 aromatic heterocycles. The van der Waals surface area contributed by atoms with Gasteiger partial charge in [-0.3, -0.25) is 9.59 Å². The predicted molar refractivity (Wildman–Crippen MR) is 115 cm³/mol. The van der Waals surface area contributed by atoms with Crippen LogP contribution in [-0.4, -0.2) is 22.8 Å². The lowest BCUT2D eigenvalue weighted by molar-refractivity contribution is -0.138. The van der Waals surface area contributed by atoms with Crippen LogP contribution in [0.5, 0.6) is 5.75 Å². The van der Waals surface area contributed by atoms with Crippen molar-refractivity contribution in [3.8, 4) is 5.75 Å². The van der Waals surface area contributed by atoms with Gasteiger partial charge in [-0.25, -0.2) is 0 Å².